The fourth-order valence-corrected chi connectivity index (χ4v) is 4.11. The van der Waals surface area contributed by atoms with Crippen LogP contribution in [0.3, 0.4) is 0 Å². The van der Waals surface area contributed by atoms with E-state index in [0.717, 1.165) is 41.9 Å². The summed E-state index contributed by atoms with van der Waals surface area (Å²) < 4.78 is 1.76. The third-order valence-corrected chi connectivity index (χ3v) is 4.91. The van der Waals surface area contributed by atoms with Crippen LogP contribution in [0.4, 0.5) is 0 Å². The van der Waals surface area contributed by atoms with Crippen molar-refractivity contribution in [3.05, 3.63) is 27.1 Å². The number of fused-ring (bicyclic) bond motifs is 3. The van der Waals surface area contributed by atoms with Crippen LogP contribution in [-0.2, 0) is 19.4 Å². The molecular weight excluding hydrogens is 244 g/mol. The molecule has 0 aromatic carbocycles. The number of hydrogen-bond donors (Lipinski definition) is 0. The smallest absolute Gasteiger partial charge is 0.262 e. The van der Waals surface area contributed by atoms with Crippen LogP contribution in [0.1, 0.15) is 37.1 Å². The monoisotopic (exact) mass is 262 g/mol. The normalized spacial score (nSPS) is 19.1. The Bertz CT molecular complexity index is 641. The lowest BCUT2D eigenvalue weighted by Crippen LogP contribution is -2.21. The average molecular weight is 262 g/mol. The highest BCUT2D eigenvalue weighted by Crippen LogP contribution is 2.35. The molecule has 0 radical (unpaired) electrons. The van der Waals surface area contributed by atoms with E-state index < -0.39 is 0 Å². The van der Waals surface area contributed by atoms with Gasteiger partial charge in [-0.15, -0.1) is 11.3 Å². The molecule has 3 nitrogen and oxygen atoms in total. The number of nitrogens with zero attached hydrogens (tertiary/aromatic N) is 2. The molecule has 0 N–H and O–H groups in total. The summed E-state index contributed by atoms with van der Waals surface area (Å²) in [6, 6.07) is 0. The molecule has 3 rings (SSSR count). The maximum absolute atomic E-state index is 12.5. The molecule has 4 heteroatoms. The molecule has 1 atom stereocenters. The van der Waals surface area contributed by atoms with E-state index in [0.29, 0.717) is 0 Å². The van der Waals surface area contributed by atoms with Crippen molar-refractivity contribution < 1.29 is 0 Å². The van der Waals surface area contributed by atoms with Gasteiger partial charge in [0.05, 0.1) is 11.7 Å². The fourth-order valence-electron chi connectivity index (χ4n) is 2.77. The summed E-state index contributed by atoms with van der Waals surface area (Å²) in [5.41, 5.74) is 1.45. The van der Waals surface area contributed by atoms with E-state index in [2.05, 4.69) is 18.8 Å². The van der Waals surface area contributed by atoms with Crippen molar-refractivity contribution in [2.24, 2.45) is 5.92 Å². The van der Waals surface area contributed by atoms with Gasteiger partial charge in [0.2, 0.25) is 0 Å². The number of aromatic nitrogens is 2. The summed E-state index contributed by atoms with van der Waals surface area (Å²) >= 11 is 1.72. The summed E-state index contributed by atoms with van der Waals surface area (Å²) in [6.07, 6.45) is 6.03. The van der Waals surface area contributed by atoms with Crippen LogP contribution >= 0.6 is 11.3 Å². The summed E-state index contributed by atoms with van der Waals surface area (Å²) in [6.45, 7) is 5.14. The summed E-state index contributed by atoms with van der Waals surface area (Å²) in [5, 5.41) is 0.901. The predicted molar refractivity (Wildman–Crippen MR) is 75.4 cm³/mol. The van der Waals surface area contributed by atoms with E-state index in [4.69, 9.17) is 0 Å². The van der Waals surface area contributed by atoms with Gasteiger partial charge in [0.25, 0.3) is 5.56 Å². The van der Waals surface area contributed by atoms with Gasteiger partial charge < -0.3 is 0 Å². The highest BCUT2D eigenvalue weighted by atomic mass is 32.1. The van der Waals surface area contributed by atoms with Crippen molar-refractivity contribution in [3.63, 3.8) is 0 Å². The summed E-state index contributed by atoms with van der Waals surface area (Å²) in [7, 11) is 0. The maximum Gasteiger partial charge on any atom is 0.262 e. The zero-order valence-electron chi connectivity index (χ0n) is 10.9. The van der Waals surface area contributed by atoms with Crippen LogP contribution in [0.5, 0.6) is 0 Å². The summed E-state index contributed by atoms with van der Waals surface area (Å²) in [4.78, 5) is 19.3. The molecule has 2 heterocycles. The lowest BCUT2D eigenvalue weighted by Gasteiger charge is -2.17. The third kappa shape index (κ3) is 1.79. The first kappa shape index (κ1) is 11.9. The third-order valence-electron chi connectivity index (χ3n) is 3.75. The Labute approximate surface area is 110 Å². The van der Waals surface area contributed by atoms with Crippen molar-refractivity contribution >= 4 is 21.6 Å². The van der Waals surface area contributed by atoms with Crippen LogP contribution in [0, 0.1) is 5.92 Å². The Balaban J connectivity index is 2.22. The molecule has 96 valence electrons. The van der Waals surface area contributed by atoms with Gasteiger partial charge >= 0.3 is 0 Å². The van der Waals surface area contributed by atoms with Gasteiger partial charge in [-0.1, -0.05) is 13.8 Å². The molecule has 0 saturated heterocycles. The molecule has 0 spiro atoms. The van der Waals surface area contributed by atoms with E-state index in [9.17, 15) is 4.79 Å². The van der Waals surface area contributed by atoms with E-state index in [1.165, 1.54) is 16.9 Å². The second-order valence-corrected chi connectivity index (χ2v) is 6.36. The van der Waals surface area contributed by atoms with Crippen LogP contribution < -0.4 is 5.56 Å². The number of hydrogen-bond acceptors (Lipinski definition) is 3. The second kappa shape index (κ2) is 4.50. The Morgan fingerprint density at radius 3 is 3.17 bits per heavy atom. The van der Waals surface area contributed by atoms with Crippen LogP contribution in [-0.4, -0.2) is 9.55 Å². The second-order valence-electron chi connectivity index (χ2n) is 5.28. The highest BCUT2D eigenvalue weighted by Gasteiger charge is 2.22. The van der Waals surface area contributed by atoms with Crippen molar-refractivity contribution in [1.29, 1.82) is 0 Å². The van der Waals surface area contributed by atoms with Gasteiger partial charge in [-0.3, -0.25) is 9.36 Å². The first-order chi connectivity index (χ1) is 8.70. The van der Waals surface area contributed by atoms with Crippen molar-refractivity contribution in [3.8, 4) is 0 Å². The Kier molecular flexibility index (Phi) is 2.98. The lowest BCUT2D eigenvalue weighted by molar-refractivity contribution is 0.509. The summed E-state index contributed by atoms with van der Waals surface area (Å²) in [5.74, 6) is 0.739. The standard InChI is InChI=1S/C14H18N2OS/c1-3-6-16-8-15-13-12(14(16)17)10-5-4-9(2)7-11(10)18-13/h8-9H,3-7H2,1-2H3/t9-/m1/s1. The van der Waals surface area contributed by atoms with Gasteiger partial charge in [-0.05, 0) is 37.2 Å². The van der Waals surface area contributed by atoms with Gasteiger partial charge in [0.15, 0.2) is 0 Å². The quantitative estimate of drug-likeness (QED) is 0.834. The van der Waals surface area contributed by atoms with Crippen LogP contribution in [0.15, 0.2) is 11.1 Å². The molecule has 2 aromatic heterocycles. The van der Waals surface area contributed by atoms with Gasteiger partial charge in [-0.2, -0.15) is 0 Å². The fraction of sp³-hybridized carbons (Fsp3) is 0.571. The molecule has 0 bridgehead atoms. The molecule has 1 aliphatic carbocycles. The minimum Gasteiger partial charge on any atom is -0.299 e. The molecule has 2 aromatic rings. The Morgan fingerprint density at radius 2 is 2.39 bits per heavy atom. The topological polar surface area (TPSA) is 34.9 Å². The zero-order chi connectivity index (χ0) is 12.7. The molecular formula is C14H18N2OS. The highest BCUT2D eigenvalue weighted by molar-refractivity contribution is 7.18. The van der Waals surface area contributed by atoms with E-state index >= 15 is 0 Å². The SMILES string of the molecule is CCCn1cnc2sc3c(c2c1=O)CC[C@@H](C)C3. The zero-order valence-corrected chi connectivity index (χ0v) is 11.7. The van der Waals surface area contributed by atoms with E-state index in [1.54, 1.807) is 22.2 Å². The lowest BCUT2D eigenvalue weighted by atomic mass is 9.89. The molecule has 0 fully saturated rings. The average Bonchev–Trinajstić information content (AvgIpc) is 2.71. The van der Waals surface area contributed by atoms with Gasteiger partial charge in [0.1, 0.15) is 4.83 Å². The van der Waals surface area contributed by atoms with E-state index in [-0.39, 0.29) is 5.56 Å². The largest absolute Gasteiger partial charge is 0.299 e. The maximum atomic E-state index is 12.5. The van der Waals surface area contributed by atoms with E-state index in [1.807, 2.05) is 0 Å². The first-order valence-corrected chi connectivity index (χ1v) is 7.52. The number of thiophene rings is 1. The molecule has 1 aliphatic rings. The molecule has 0 aliphatic heterocycles. The minimum absolute atomic E-state index is 0.161. The first-order valence-electron chi connectivity index (χ1n) is 6.70. The van der Waals surface area contributed by atoms with Crippen LogP contribution in [0.25, 0.3) is 10.2 Å². The number of aryl methyl sites for hydroxylation is 2. The predicted octanol–water partition coefficient (Wildman–Crippen LogP) is 2.99. The van der Waals surface area contributed by atoms with Crippen molar-refractivity contribution in [2.45, 2.75) is 46.1 Å². The number of rotatable bonds is 2. The van der Waals surface area contributed by atoms with Crippen LogP contribution in [0.2, 0.25) is 0 Å². The molecule has 18 heavy (non-hydrogen) atoms. The van der Waals surface area contributed by atoms with Gasteiger partial charge in [0, 0.05) is 11.4 Å². The van der Waals surface area contributed by atoms with Crippen molar-refractivity contribution in [2.75, 3.05) is 0 Å². The molecule has 0 saturated carbocycles. The molecule has 0 unspecified atom stereocenters. The van der Waals surface area contributed by atoms with Gasteiger partial charge in [-0.25, -0.2) is 4.98 Å². The van der Waals surface area contributed by atoms with Crippen molar-refractivity contribution in [1.82, 2.24) is 9.55 Å². The Hall–Kier alpha value is -1.16. The minimum atomic E-state index is 0.161. The Morgan fingerprint density at radius 1 is 1.56 bits per heavy atom. The molecule has 0 amide bonds.